The summed E-state index contributed by atoms with van der Waals surface area (Å²) in [6.07, 6.45) is 15.5. The molecule has 1 aromatic carbocycles. The molecule has 14 heteroatoms. The summed E-state index contributed by atoms with van der Waals surface area (Å²) in [5.41, 5.74) is 1.28. The third-order valence-electron chi connectivity index (χ3n) is 10.7. The largest absolute Gasteiger partial charge is 0.495 e. The molecule has 1 aromatic heterocycles. The predicted molar refractivity (Wildman–Crippen MR) is 219 cm³/mol. The van der Waals surface area contributed by atoms with Crippen LogP contribution in [0.4, 0.5) is 27.9 Å². The highest BCUT2D eigenvalue weighted by Crippen LogP contribution is 2.40. The molecule has 2 aromatic rings. The van der Waals surface area contributed by atoms with Crippen LogP contribution in [-0.2, 0) is 14.3 Å². The Morgan fingerprint density at radius 1 is 1.07 bits per heavy atom. The lowest BCUT2D eigenvalue weighted by Crippen LogP contribution is -2.55. The average Bonchev–Trinajstić information content (AvgIpc) is 3.71. The number of anilines is 4. The number of nitrogens with zero attached hydrogens (tertiary/aromatic N) is 6. The number of amides is 3. The second-order valence-electron chi connectivity index (χ2n) is 15.9. The van der Waals surface area contributed by atoms with Crippen molar-refractivity contribution in [1.29, 1.82) is 0 Å². The normalized spacial score (nSPS) is 18.0. The first-order valence-electron chi connectivity index (χ1n) is 20.3. The summed E-state index contributed by atoms with van der Waals surface area (Å²) in [6, 6.07) is 5.39. The Bertz CT molecular complexity index is 1680. The van der Waals surface area contributed by atoms with Gasteiger partial charge in [-0.3, -0.25) is 9.59 Å². The molecule has 1 saturated carbocycles. The molecule has 1 saturated heterocycles. The molecule has 0 spiro atoms. The van der Waals surface area contributed by atoms with E-state index < -0.39 is 5.60 Å². The monoisotopic (exact) mass is 774 g/mol. The minimum Gasteiger partial charge on any atom is -0.495 e. The summed E-state index contributed by atoms with van der Waals surface area (Å²) in [5.74, 6) is 4.14. The zero-order valence-corrected chi connectivity index (χ0v) is 34.3. The summed E-state index contributed by atoms with van der Waals surface area (Å²) >= 11 is 0. The van der Waals surface area contributed by atoms with Gasteiger partial charge in [0.05, 0.1) is 25.6 Å². The van der Waals surface area contributed by atoms with Crippen LogP contribution in [0.1, 0.15) is 102 Å². The van der Waals surface area contributed by atoms with Crippen molar-refractivity contribution >= 4 is 41.0 Å². The van der Waals surface area contributed by atoms with Crippen molar-refractivity contribution in [2.24, 2.45) is 0 Å². The lowest BCUT2D eigenvalue weighted by molar-refractivity contribution is -0.120. The standard InChI is InChI=1S/C42H62N8O6/c1-8-10-26-55-27-14-23-49(41(53)56-42(3,4)5)22-13-21-48-24-19-31(20-25-48)44-38(51)30-17-18-33(36(28-30)54-7)45-40-43-29-35-37(46-40)50(32-15-11-12-16-32)34(9-2)39(52)47(35)6/h1,17-18,28-29,31-32,34H,9-16,19-27H2,2-7H3,(H,44,51)(H,43,45,46)/t34-/m1/s1. The molecule has 2 aliphatic heterocycles. The number of ether oxygens (including phenoxy) is 3. The number of aromatic nitrogens is 2. The number of hydrogen-bond acceptors (Lipinski definition) is 11. The van der Waals surface area contributed by atoms with Crippen molar-refractivity contribution in [1.82, 2.24) is 25.1 Å². The van der Waals surface area contributed by atoms with Crippen molar-refractivity contribution in [3.63, 3.8) is 0 Å². The maximum absolute atomic E-state index is 13.4. The van der Waals surface area contributed by atoms with Crippen molar-refractivity contribution in [3.8, 4) is 18.1 Å². The maximum atomic E-state index is 13.4. The molecule has 3 amide bonds. The average molecular weight is 775 g/mol. The fourth-order valence-corrected chi connectivity index (χ4v) is 7.77. The fourth-order valence-electron chi connectivity index (χ4n) is 7.77. The Balaban J connectivity index is 1.12. The van der Waals surface area contributed by atoms with E-state index in [9.17, 15) is 14.4 Å². The summed E-state index contributed by atoms with van der Waals surface area (Å²) in [7, 11) is 3.36. The van der Waals surface area contributed by atoms with E-state index in [1.807, 2.05) is 33.8 Å². The van der Waals surface area contributed by atoms with Crippen molar-refractivity contribution < 1.29 is 28.6 Å². The van der Waals surface area contributed by atoms with E-state index in [0.29, 0.717) is 74.2 Å². The molecule has 3 aliphatic rings. The maximum Gasteiger partial charge on any atom is 0.410 e. The van der Waals surface area contributed by atoms with E-state index in [1.165, 1.54) is 0 Å². The first-order chi connectivity index (χ1) is 26.9. The molecule has 3 heterocycles. The molecule has 1 aliphatic carbocycles. The van der Waals surface area contributed by atoms with E-state index in [4.69, 9.17) is 25.6 Å². The molecule has 0 bridgehead atoms. The number of carbonyl (C=O) groups excluding carboxylic acids is 3. The minimum atomic E-state index is -0.566. The zero-order chi connectivity index (χ0) is 40.2. The SMILES string of the molecule is C#CCCOCCCN(CCCN1CCC(NC(=O)c2ccc(Nc3ncc4c(n3)N(C3CCCC3)[C@H](CC)C(=O)N4C)c(OC)c2)CC1)C(=O)OC(C)(C)C. The molecule has 56 heavy (non-hydrogen) atoms. The molecule has 1 atom stereocenters. The van der Waals surface area contributed by atoms with E-state index >= 15 is 0 Å². The Labute approximate surface area is 333 Å². The van der Waals surface area contributed by atoms with Gasteiger partial charge in [0.2, 0.25) is 11.9 Å². The predicted octanol–water partition coefficient (Wildman–Crippen LogP) is 5.98. The van der Waals surface area contributed by atoms with Crippen LogP contribution in [0, 0.1) is 12.3 Å². The van der Waals surface area contributed by atoms with Gasteiger partial charge in [0.1, 0.15) is 23.1 Å². The number of hydrogen-bond donors (Lipinski definition) is 2. The van der Waals surface area contributed by atoms with E-state index in [-0.39, 0.29) is 36.0 Å². The summed E-state index contributed by atoms with van der Waals surface area (Å²) in [4.78, 5) is 57.1. The summed E-state index contributed by atoms with van der Waals surface area (Å²) in [6.45, 7) is 12.5. The molecule has 14 nitrogen and oxygen atoms in total. The van der Waals surface area contributed by atoms with Crippen LogP contribution in [-0.4, -0.2) is 121 Å². The van der Waals surface area contributed by atoms with Gasteiger partial charge in [0.25, 0.3) is 5.91 Å². The topological polar surface area (TPSA) is 142 Å². The molecule has 5 rings (SSSR count). The Hall–Kier alpha value is -4.61. The van der Waals surface area contributed by atoms with Crippen LogP contribution < -0.4 is 25.2 Å². The lowest BCUT2D eigenvalue weighted by atomic mass is 10.0. The summed E-state index contributed by atoms with van der Waals surface area (Å²) in [5, 5.41) is 6.52. The van der Waals surface area contributed by atoms with E-state index in [2.05, 4.69) is 31.3 Å². The Morgan fingerprint density at radius 2 is 1.80 bits per heavy atom. The Kier molecular flexibility index (Phi) is 15.2. The van der Waals surface area contributed by atoms with Crippen LogP contribution in [0.25, 0.3) is 0 Å². The van der Waals surface area contributed by atoms with Crippen molar-refractivity contribution in [2.45, 2.75) is 116 Å². The quantitative estimate of drug-likeness (QED) is 0.145. The van der Waals surface area contributed by atoms with Gasteiger partial charge >= 0.3 is 6.09 Å². The zero-order valence-electron chi connectivity index (χ0n) is 34.3. The molecule has 2 N–H and O–H groups in total. The number of carbonyl (C=O) groups is 3. The smallest absolute Gasteiger partial charge is 0.410 e. The number of nitrogens with one attached hydrogen (secondary N) is 2. The number of terminal acetylenes is 1. The van der Waals surface area contributed by atoms with Crippen LogP contribution in [0.3, 0.4) is 0 Å². The number of benzene rings is 1. The second-order valence-corrected chi connectivity index (χ2v) is 15.9. The van der Waals surface area contributed by atoms with Gasteiger partial charge in [0.15, 0.2) is 5.82 Å². The number of likely N-dealkylation sites (N-methyl/N-ethyl adjacent to an activating group) is 1. The number of rotatable bonds is 17. The highest BCUT2D eigenvalue weighted by atomic mass is 16.6. The Morgan fingerprint density at radius 3 is 2.48 bits per heavy atom. The van der Waals surface area contributed by atoms with Crippen molar-refractivity contribution in [3.05, 3.63) is 30.0 Å². The van der Waals surface area contributed by atoms with Crippen LogP contribution in [0.15, 0.2) is 24.4 Å². The van der Waals surface area contributed by atoms with Gasteiger partial charge in [-0.25, -0.2) is 9.78 Å². The molecule has 0 radical (unpaired) electrons. The fraction of sp³-hybridized carbons (Fsp3) is 0.643. The highest BCUT2D eigenvalue weighted by molar-refractivity contribution is 6.04. The number of piperidine rings is 1. The van der Waals surface area contributed by atoms with E-state index in [0.717, 1.165) is 70.4 Å². The molecular formula is C42H62N8O6. The third kappa shape index (κ3) is 11.3. The van der Waals surface area contributed by atoms with Gasteiger partial charge < -0.3 is 44.4 Å². The molecule has 2 fully saturated rings. The van der Waals surface area contributed by atoms with Crippen molar-refractivity contribution in [2.75, 3.05) is 75.2 Å². The van der Waals surface area contributed by atoms with Gasteiger partial charge in [-0.2, -0.15) is 4.98 Å². The third-order valence-corrected chi connectivity index (χ3v) is 10.7. The minimum absolute atomic E-state index is 0.0546. The first-order valence-corrected chi connectivity index (χ1v) is 20.3. The summed E-state index contributed by atoms with van der Waals surface area (Å²) < 4.78 is 16.9. The van der Waals surface area contributed by atoms with E-state index in [1.54, 1.807) is 42.3 Å². The number of methoxy groups -OCH3 is 1. The number of likely N-dealkylation sites (tertiary alicyclic amines) is 1. The molecule has 0 unspecified atom stereocenters. The number of fused-ring (bicyclic) bond motifs is 1. The van der Waals surface area contributed by atoms with Gasteiger partial charge in [0, 0.05) is 63.9 Å². The van der Waals surface area contributed by atoms with Crippen LogP contribution in [0.2, 0.25) is 0 Å². The van der Waals surface area contributed by atoms with Crippen LogP contribution in [0.5, 0.6) is 5.75 Å². The second kappa shape index (κ2) is 20.0. The lowest BCUT2D eigenvalue weighted by Gasteiger charge is -2.43. The highest BCUT2D eigenvalue weighted by Gasteiger charge is 2.41. The van der Waals surface area contributed by atoms with Gasteiger partial charge in [-0.1, -0.05) is 19.8 Å². The van der Waals surface area contributed by atoms with Crippen LogP contribution >= 0.6 is 0 Å². The molecular weight excluding hydrogens is 713 g/mol. The van der Waals surface area contributed by atoms with Gasteiger partial charge in [-0.15, -0.1) is 12.3 Å². The first kappa shape index (κ1) is 42.5. The van der Waals surface area contributed by atoms with Gasteiger partial charge in [-0.05, 0) is 90.5 Å². The molecule has 306 valence electrons.